The molecule has 1 aliphatic rings. The number of hydrogen-bond donors (Lipinski definition) is 0. The van der Waals surface area contributed by atoms with Crippen LogP contribution in [-0.4, -0.2) is 45.9 Å². The molecule has 0 radical (unpaired) electrons. The first-order valence-electron chi connectivity index (χ1n) is 11.8. The number of aromatic nitrogens is 2. The van der Waals surface area contributed by atoms with E-state index < -0.39 is 29.1 Å². The van der Waals surface area contributed by atoms with Gasteiger partial charge < -0.3 is 14.4 Å². The number of benzene rings is 2. The van der Waals surface area contributed by atoms with Gasteiger partial charge in [-0.25, -0.2) is 9.59 Å². The van der Waals surface area contributed by atoms with Gasteiger partial charge in [0.15, 0.2) is 0 Å². The summed E-state index contributed by atoms with van der Waals surface area (Å²) in [7, 11) is 1.46. The normalized spacial score (nSPS) is 15.4. The standard InChI is InChI=1S/C26H30F3N3O4/c1-25(2,3)36-24(34)30-14-12-18(13-15-30)32-20-10-7-11-21(35-4)22(20)31(23(32)33)16-17-8-5-6-9-19(17)26(27,28)29/h5-11,18H,12-16H2,1-4H3. The van der Waals surface area contributed by atoms with Crippen molar-refractivity contribution in [2.45, 2.75) is 58.0 Å². The van der Waals surface area contributed by atoms with Crippen molar-refractivity contribution in [3.05, 3.63) is 64.1 Å². The first kappa shape index (κ1) is 25.7. The highest BCUT2D eigenvalue weighted by molar-refractivity contribution is 5.83. The van der Waals surface area contributed by atoms with Crippen molar-refractivity contribution in [1.29, 1.82) is 0 Å². The molecule has 1 amide bonds. The fraction of sp³-hybridized carbons (Fsp3) is 0.462. The highest BCUT2D eigenvalue weighted by atomic mass is 19.4. The molecule has 2 heterocycles. The molecular formula is C26H30F3N3O4. The summed E-state index contributed by atoms with van der Waals surface area (Å²) in [5.41, 5.74) is -0.782. The Kier molecular flexibility index (Phi) is 6.81. The Hall–Kier alpha value is -3.43. The number of rotatable bonds is 4. The number of hydrogen-bond acceptors (Lipinski definition) is 4. The summed E-state index contributed by atoms with van der Waals surface area (Å²) in [5.74, 6) is 0.402. The van der Waals surface area contributed by atoms with E-state index in [0.29, 0.717) is 42.7 Å². The third-order valence-corrected chi connectivity index (χ3v) is 6.30. The first-order valence-corrected chi connectivity index (χ1v) is 11.8. The lowest BCUT2D eigenvalue weighted by Crippen LogP contribution is -2.43. The third kappa shape index (κ3) is 5.08. The van der Waals surface area contributed by atoms with Crippen molar-refractivity contribution < 1.29 is 27.4 Å². The Morgan fingerprint density at radius 2 is 1.69 bits per heavy atom. The van der Waals surface area contributed by atoms with Gasteiger partial charge in [-0.1, -0.05) is 24.3 Å². The van der Waals surface area contributed by atoms with E-state index in [1.54, 1.807) is 48.4 Å². The Labute approximate surface area is 207 Å². The molecule has 2 aromatic carbocycles. The number of alkyl halides is 3. The minimum atomic E-state index is -4.54. The minimum Gasteiger partial charge on any atom is -0.494 e. The molecule has 0 bridgehead atoms. The fourth-order valence-electron chi connectivity index (χ4n) is 4.71. The molecule has 1 aliphatic heterocycles. The summed E-state index contributed by atoms with van der Waals surface area (Å²) in [6.45, 7) is 5.96. The molecule has 3 aromatic rings. The molecule has 194 valence electrons. The van der Waals surface area contributed by atoms with Gasteiger partial charge in [0.2, 0.25) is 0 Å². The van der Waals surface area contributed by atoms with Gasteiger partial charge in [-0.2, -0.15) is 13.2 Å². The van der Waals surface area contributed by atoms with Gasteiger partial charge in [0.05, 0.1) is 24.7 Å². The molecule has 1 aromatic heterocycles. The van der Waals surface area contributed by atoms with Crippen LogP contribution in [0.5, 0.6) is 5.75 Å². The van der Waals surface area contributed by atoms with Crippen molar-refractivity contribution in [1.82, 2.24) is 14.0 Å². The molecule has 0 atom stereocenters. The zero-order chi connectivity index (χ0) is 26.3. The largest absolute Gasteiger partial charge is 0.494 e. The monoisotopic (exact) mass is 505 g/mol. The van der Waals surface area contributed by atoms with Crippen molar-refractivity contribution in [2.24, 2.45) is 0 Å². The lowest BCUT2D eigenvalue weighted by Gasteiger charge is -2.33. The maximum absolute atomic E-state index is 13.7. The van der Waals surface area contributed by atoms with Crippen molar-refractivity contribution in [2.75, 3.05) is 20.2 Å². The predicted octanol–water partition coefficient (Wildman–Crippen LogP) is 5.45. The highest BCUT2D eigenvalue weighted by Crippen LogP contribution is 2.34. The van der Waals surface area contributed by atoms with Gasteiger partial charge in [-0.05, 0) is 57.4 Å². The molecule has 0 N–H and O–H groups in total. The number of halogens is 3. The van der Waals surface area contributed by atoms with Crippen LogP contribution < -0.4 is 10.4 Å². The number of carbonyl (C=O) groups is 1. The topological polar surface area (TPSA) is 65.7 Å². The Bertz CT molecular complexity index is 1310. The van der Waals surface area contributed by atoms with E-state index in [1.165, 1.54) is 29.9 Å². The molecular weight excluding hydrogens is 475 g/mol. The maximum Gasteiger partial charge on any atom is 0.416 e. The van der Waals surface area contributed by atoms with E-state index in [2.05, 4.69) is 0 Å². The third-order valence-electron chi connectivity index (χ3n) is 6.30. The second-order valence-electron chi connectivity index (χ2n) is 9.92. The molecule has 0 aliphatic carbocycles. The Morgan fingerprint density at radius 3 is 2.31 bits per heavy atom. The number of para-hydroxylation sites is 1. The van der Waals surface area contributed by atoms with Crippen LogP contribution in [0.15, 0.2) is 47.3 Å². The lowest BCUT2D eigenvalue weighted by molar-refractivity contribution is -0.138. The SMILES string of the molecule is COc1cccc2c1n(Cc1ccccc1C(F)(F)F)c(=O)n2C1CCN(C(=O)OC(C)(C)C)CC1. The van der Waals surface area contributed by atoms with E-state index in [-0.39, 0.29) is 18.2 Å². The van der Waals surface area contributed by atoms with Crippen LogP contribution in [0.25, 0.3) is 11.0 Å². The average Bonchev–Trinajstić information content (AvgIpc) is 3.09. The summed E-state index contributed by atoms with van der Waals surface area (Å²) in [5, 5.41) is 0. The van der Waals surface area contributed by atoms with Gasteiger partial charge >= 0.3 is 18.0 Å². The molecule has 0 saturated carbocycles. The summed E-state index contributed by atoms with van der Waals surface area (Å²) in [4.78, 5) is 27.8. The molecule has 36 heavy (non-hydrogen) atoms. The number of imidazole rings is 1. The van der Waals surface area contributed by atoms with Crippen LogP contribution in [0.4, 0.5) is 18.0 Å². The van der Waals surface area contributed by atoms with E-state index in [1.807, 2.05) is 0 Å². The number of likely N-dealkylation sites (tertiary alicyclic amines) is 1. The second-order valence-corrected chi connectivity index (χ2v) is 9.92. The zero-order valence-electron chi connectivity index (χ0n) is 20.8. The molecule has 7 nitrogen and oxygen atoms in total. The molecule has 4 rings (SSSR count). The number of methoxy groups -OCH3 is 1. The smallest absolute Gasteiger partial charge is 0.416 e. The Morgan fingerprint density at radius 1 is 1.03 bits per heavy atom. The van der Waals surface area contributed by atoms with Crippen LogP contribution in [0.3, 0.4) is 0 Å². The zero-order valence-corrected chi connectivity index (χ0v) is 20.8. The van der Waals surface area contributed by atoms with Crippen LogP contribution in [-0.2, 0) is 17.5 Å². The number of nitrogens with zero attached hydrogens (tertiary/aromatic N) is 3. The molecule has 1 fully saturated rings. The maximum atomic E-state index is 13.7. The number of carbonyl (C=O) groups excluding carboxylic acids is 1. The molecule has 0 unspecified atom stereocenters. The van der Waals surface area contributed by atoms with E-state index in [9.17, 15) is 22.8 Å². The van der Waals surface area contributed by atoms with Crippen LogP contribution in [0.1, 0.15) is 50.8 Å². The number of piperidine rings is 1. The van der Waals surface area contributed by atoms with Gasteiger partial charge in [-0.15, -0.1) is 0 Å². The number of fused-ring (bicyclic) bond motifs is 1. The van der Waals surface area contributed by atoms with Crippen LogP contribution in [0, 0.1) is 0 Å². The van der Waals surface area contributed by atoms with Crippen LogP contribution >= 0.6 is 0 Å². The van der Waals surface area contributed by atoms with Gasteiger partial charge in [0.1, 0.15) is 16.9 Å². The van der Waals surface area contributed by atoms with Gasteiger partial charge in [0.25, 0.3) is 0 Å². The predicted molar refractivity (Wildman–Crippen MR) is 129 cm³/mol. The minimum absolute atomic E-state index is 0.00296. The molecule has 1 saturated heterocycles. The fourth-order valence-corrected chi connectivity index (χ4v) is 4.71. The molecule has 10 heteroatoms. The summed E-state index contributed by atoms with van der Waals surface area (Å²) in [6.07, 6.45) is -3.93. The summed E-state index contributed by atoms with van der Waals surface area (Å²) < 4.78 is 54.9. The van der Waals surface area contributed by atoms with E-state index in [0.717, 1.165) is 6.07 Å². The van der Waals surface area contributed by atoms with Gasteiger partial charge in [-0.3, -0.25) is 9.13 Å². The second kappa shape index (κ2) is 9.55. The van der Waals surface area contributed by atoms with Crippen LogP contribution in [0.2, 0.25) is 0 Å². The van der Waals surface area contributed by atoms with E-state index in [4.69, 9.17) is 9.47 Å². The lowest BCUT2D eigenvalue weighted by atomic mass is 10.0. The Balaban J connectivity index is 1.72. The highest BCUT2D eigenvalue weighted by Gasteiger charge is 2.34. The van der Waals surface area contributed by atoms with Crippen molar-refractivity contribution in [3.63, 3.8) is 0 Å². The first-order chi connectivity index (χ1) is 16.9. The number of ether oxygens (including phenoxy) is 2. The van der Waals surface area contributed by atoms with E-state index >= 15 is 0 Å². The van der Waals surface area contributed by atoms with Gasteiger partial charge in [0, 0.05) is 19.1 Å². The molecule has 0 spiro atoms. The van der Waals surface area contributed by atoms with Crippen molar-refractivity contribution >= 4 is 17.1 Å². The number of amides is 1. The quantitative estimate of drug-likeness (QED) is 0.473. The average molecular weight is 506 g/mol. The van der Waals surface area contributed by atoms with Crippen molar-refractivity contribution in [3.8, 4) is 5.75 Å². The summed E-state index contributed by atoms with van der Waals surface area (Å²) in [6, 6.07) is 10.2. The summed E-state index contributed by atoms with van der Waals surface area (Å²) >= 11 is 0.